The Bertz CT molecular complexity index is 1390. The highest BCUT2D eigenvalue weighted by Gasteiger charge is 2.42. The summed E-state index contributed by atoms with van der Waals surface area (Å²) in [4.78, 5) is 56.7. The van der Waals surface area contributed by atoms with Crippen molar-refractivity contribution in [3.8, 4) is 5.75 Å². The first-order valence-electron chi connectivity index (χ1n) is 13.2. The number of H-pyrrole nitrogens is 1. The van der Waals surface area contributed by atoms with E-state index < -0.39 is 29.8 Å². The number of fused-ring (bicyclic) bond motifs is 1. The molecule has 10 heteroatoms. The van der Waals surface area contributed by atoms with Crippen LogP contribution in [0, 0.1) is 5.92 Å². The summed E-state index contributed by atoms with van der Waals surface area (Å²) >= 11 is 0. The van der Waals surface area contributed by atoms with Crippen LogP contribution in [0.25, 0.3) is 10.9 Å². The summed E-state index contributed by atoms with van der Waals surface area (Å²) in [6.45, 7) is 0.933. The quantitative estimate of drug-likeness (QED) is 0.351. The molecule has 2 aliphatic rings. The summed E-state index contributed by atoms with van der Waals surface area (Å²) in [5, 5.41) is 6.33. The van der Waals surface area contributed by atoms with Crippen molar-refractivity contribution >= 4 is 34.5 Å². The van der Waals surface area contributed by atoms with Gasteiger partial charge in [-0.05, 0) is 49.4 Å². The van der Waals surface area contributed by atoms with E-state index in [2.05, 4.69) is 15.6 Å². The average molecular weight is 532 g/mol. The van der Waals surface area contributed by atoms with Crippen LogP contribution in [-0.4, -0.2) is 65.8 Å². The van der Waals surface area contributed by atoms with Gasteiger partial charge in [0, 0.05) is 35.8 Å². The fraction of sp³-hybridized carbons (Fsp3) is 0.379. The van der Waals surface area contributed by atoms with Crippen LogP contribution in [-0.2, 0) is 14.4 Å². The van der Waals surface area contributed by atoms with Crippen molar-refractivity contribution in [2.75, 3.05) is 20.2 Å². The van der Waals surface area contributed by atoms with Gasteiger partial charge in [0.05, 0.1) is 7.11 Å². The number of methoxy groups -OCH3 is 1. The summed E-state index contributed by atoms with van der Waals surface area (Å²) in [6.07, 6.45) is 1.94. The largest absolute Gasteiger partial charge is 0.496 e. The predicted octanol–water partition coefficient (Wildman–Crippen LogP) is 2.06. The fourth-order valence-corrected chi connectivity index (χ4v) is 5.71. The molecule has 0 aliphatic carbocycles. The van der Waals surface area contributed by atoms with Gasteiger partial charge < -0.3 is 31.0 Å². The number of aromatic amines is 1. The van der Waals surface area contributed by atoms with E-state index in [-0.39, 0.29) is 24.2 Å². The Hall–Kier alpha value is -4.34. The molecule has 0 spiro atoms. The summed E-state index contributed by atoms with van der Waals surface area (Å²) in [5.74, 6) is -1.48. The molecule has 2 fully saturated rings. The highest BCUT2D eigenvalue weighted by Crippen LogP contribution is 2.34. The lowest BCUT2D eigenvalue weighted by Gasteiger charge is -2.28. The van der Waals surface area contributed by atoms with Crippen molar-refractivity contribution in [3.63, 3.8) is 0 Å². The number of hydrogen-bond acceptors (Lipinski definition) is 5. The molecule has 3 aromatic rings. The molecule has 39 heavy (non-hydrogen) atoms. The Kier molecular flexibility index (Phi) is 7.53. The van der Waals surface area contributed by atoms with Gasteiger partial charge in [-0.25, -0.2) is 0 Å². The minimum Gasteiger partial charge on any atom is -0.496 e. The predicted molar refractivity (Wildman–Crippen MR) is 145 cm³/mol. The third kappa shape index (κ3) is 5.45. The monoisotopic (exact) mass is 531 g/mol. The number of rotatable bonds is 8. The van der Waals surface area contributed by atoms with Gasteiger partial charge in [-0.2, -0.15) is 0 Å². The smallest absolute Gasteiger partial charge is 0.271 e. The van der Waals surface area contributed by atoms with Gasteiger partial charge in [0.1, 0.15) is 23.5 Å². The van der Waals surface area contributed by atoms with E-state index in [0.717, 1.165) is 22.9 Å². The van der Waals surface area contributed by atoms with Crippen molar-refractivity contribution in [1.29, 1.82) is 0 Å². The van der Waals surface area contributed by atoms with Crippen LogP contribution in [0.3, 0.4) is 0 Å². The van der Waals surface area contributed by atoms with Gasteiger partial charge in [-0.15, -0.1) is 0 Å². The van der Waals surface area contributed by atoms with E-state index in [1.807, 2.05) is 48.5 Å². The number of primary amides is 1. The first-order valence-corrected chi connectivity index (χ1v) is 13.2. The minimum atomic E-state index is -1.02. The molecule has 3 heterocycles. The molecule has 5 N–H and O–H groups in total. The lowest BCUT2D eigenvalue weighted by Crippen LogP contribution is -2.53. The maximum atomic E-state index is 13.8. The van der Waals surface area contributed by atoms with Crippen molar-refractivity contribution in [2.45, 2.75) is 43.7 Å². The summed E-state index contributed by atoms with van der Waals surface area (Å²) in [7, 11) is 1.57. The molecule has 4 atom stereocenters. The van der Waals surface area contributed by atoms with Crippen LogP contribution in [0.15, 0.2) is 54.6 Å². The number of likely N-dealkylation sites (tertiary alicyclic amines) is 1. The Morgan fingerprint density at radius 3 is 2.67 bits per heavy atom. The van der Waals surface area contributed by atoms with E-state index in [9.17, 15) is 19.2 Å². The number of nitrogens with zero attached hydrogens (tertiary/aromatic N) is 1. The summed E-state index contributed by atoms with van der Waals surface area (Å²) < 4.78 is 5.44. The van der Waals surface area contributed by atoms with Crippen LogP contribution >= 0.6 is 0 Å². The summed E-state index contributed by atoms with van der Waals surface area (Å²) in [6, 6.07) is 15.1. The van der Waals surface area contributed by atoms with Crippen LogP contribution in [0.2, 0.25) is 0 Å². The Labute approximate surface area is 226 Å². The Balaban J connectivity index is 1.40. The lowest BCUT2D eigenvalue weighted by molar-refractivity contribution is -0.132. The molecule has 1 aromatic heterocycles. The second-order valence-corrected chi connectivity index (χ2v) is 10.3. The second-order valence-electron chi connectivity index (χ2n) is 10.3. The lowest BCUT2D eigenvalue weighted by atomic mass is 9.91. The van der Waals surface area contributed by atoms with Gasteiger partial charge >= 0.3 is 0 Å². The highest BCUT2D eigenvalue weighted by molar-refractivity contribution is 6.02. The first kappa shape index (κ1) is 26.3. The molecule has 2 unspecified atom stereocenters. The van der Waals surface area contributed by atoms with E-state index >= 15 is 0 Å². The number of carbonyl (C=O) groups is 4. The number of benzene rings is 2. The molecule has 2 saturated heterocycles. The Morgan fingerprint density at radius 2 is 1.95 bits per heavy atom. The molecule has 5 rings (SSSR count). The van der Waals surface area contributed by atoms with Crippen molar-refractivity contribution < 1.29 is 23.9 Å². The minimum absolute atomic E-state index is 0.0686. The van der Waals surface area contributed by atoms with E-state index in [1.165, 1.54) is 0 Å². The Morgan fingerprint density at radius 1 is 1.15 bits per heavy atom. The fourth-order valence-electron chi connectivity index (χ4n) is 5.71. The normalized spacial score (nSPS) is 21.8. The van der Waals surface area contributed by atoms with Gasteiger partial charge in [0.2, 0.25) is 17.7 Å². The molecule has 0 radical (unpaired) electrons. The molecule has 10 nitrogen and oxygen atoms in total. The van der Waals surface area contributed by atoms with Crippen LogP contribution < -0.4 is 21.1 Å². The number of hydrogen-bond donors (Lipinski definition) is 4. The number of amides is 4. The molecule has 0 saturated carbocycles. The molecular formula is C29H33N5O5. The van der Waals surface area contributed by atoms with Crippen molar-refractivity contribution in [2.24, 2.45) is 11.7 Å². The van der Waals surface area contributed by atoms with Gasteiger partial charge in [-0.1, -0.05) is 36.4 Å². The van der Waals surface area contributed by atoms with Crippen LogP contribution in [0.4, 0.5) is 0 Å². The average Bonchev–Trinajstić information content (AvgIpc) is 3.59. The van der Waals surface area contributed by atoms with Crippen LogP contribution in [0.1, 0.15) is 47.7 Å². The SMILES string of the molecule is COc1cccc2[nH]c(C(=O)N3CC(c4ccccc4)CC3C(=O)N[C@@H](C[C@@H]3CCCNC3=O)C(N)=O)cc12. The van der Waals surface area contributed by atoms with Crippen LogP contribution in [0.5, 0.6) is 5.75 Å². The zero-order valence-electron chi connectivity index (χ0n) is 21.8. The maximum absolute atomic E-state index is 13.8. The third-order valence-corrected chi connectivity index (χ3v) is 7.79. The van der Waals surface area contributed by atoms with Crippen molar-refractivity contribution in [3.05, 3.63) is 65.9 Å². The number of aromatic nitrogens is 1. The van der Waals surface area contributed by atoms with Gasteiger partial charge in [0.25, 0.3) is 5.91 Å². The van der Waals surface area contributed by atoms with Gasteiger partial charge in [0.15, 0.2) is 0 Å². The number of nitrogens with one attached hydrogen (secondary N) is 3. The first-order chi connectivity index (χ1) is 18.9. The maximum Gasteiger partial charge on any atom is 0.271 e. The third-order valence-electron chi connectivity index (χ3n) is 7.79. The summed E-state index contributed by atoms with van der Waals surface area (Å²) in [5.41, 5.74) is 7.75. The number of ether oxygens (including phenoxy) is 1. The van der Waals surface area contributed by atoms with E-state index in [0.29, 0.717) is 37.4 Å². The standard InChI is InChI=1S/C29H33N5O5/c1-39-25-11-5-10-21-20(25)15-23(32-21)29(38)34-16-19(17-7-3-2-4-8-17)14-24(34)28(37)33-22(26(30)35)13-18-9-6-12-31-27(18)36/h2-5,7-8,10-11,15,18-19,22,24,32H,6,9,12-14,16H2,1H3,(H2,30,35)(H,31,36)(H,33,37)/t18-,19?,22-,24?/m0/s1. The zero-order chi connectivity index (χ0) is 27.5. The molecule has 2 aliphatic heterocycles. The van der Waals surface area contributed by atoms with Crippen molar-refractivity contribution in [1.82, 2.24) is 20.5 Å². The molecule has 204 valence electrons. The van der Waals surface area contributed by atoms with E-state index in [1.54, 1.807) is 18.1 Å². The second kappa shape index (κ2) is 11.2. The molecule has 4 amide bonds. The molecular weight excluding hydrogens is 498 g/mol. The number of carbonyl (C=O) groups excluding carboxylic acids is 4. The topological polar surface area (TPSA) is 147 Å². The molecule has 2 aromatic carbocycles. The number of nitrogens with two attached hydrogens (primary N) is 1. The highest BCUT2D eigenvalue weighted by atomic mass is 16.5. The number of piperidine rings is 1. The van der Waals surface area contributed by atoms with Gasteiger partial charge in [-0.3, -0.25) is 19.2 Å². The van der Waals surface area contributed by atoms with E-state index in [4.69, 9.17) is 10.5 Å². The zero-order valence-corrected chi connectivity index (χ0v) is 21.8. The molecule has 0 bridgehead atoms.